The van der Waals surface area contributed by atoms with Gasteiger partial charge in [-0.1, -0.05) is 74.0 Å². The van der Waals surface area contributed by atoms with Crippen LogP contribution in [0.15, 0.2) is 11.6 Å². The highest BCUT2D eigenvalue weighted by atomic mass is 16.6. The maximum absolute atomic E-state index is 13.0. The van der Waals surface area contributed by atoms with Crippen molar-refractivity contribution in [3.8, 4) is 0 Å². The van der Waals surface area contributed by atoms with Crippen LogP contribution < -0.4 is 0 Å². The molecule has 5 aliphatic rings. The van der Waals surface area contributed by atoms with Gasteiger partial charge in [-0.2, -0.15) is 0 Å². The molecule has 0 amide bonds. The number of hydrogen-bond donors (Lipinski definition) is 1. The van der Waals surface area contributed by atoms with Crippen LogP contribution in [0.1, 0.15) is 133 Å². The van der Waals surface area contributed by atoms with E-state index < -0.39 is 23.6 Å². The van der Waals surface area contributed by atoms with Gasteiger partial charge in [0, 0.05) is 18.3 Å². The quantitative estimate of drug-likeness (QED) is 0.259. The molecule has 0 radical (unpaired) electrons. The molecule has 6 nitrogen and oxygen atoms in total. The van der Waals surface area contributed by atoms with Crippen molar-refractivity contribution in [2.24, 2.45) is 50.2 Å². The van der Waals surface area contributed by atoms with Crippen LogP contribution in [0.3, 0.4) is 0 Å². The van der Waals surface area contributed by atoms with E-state index >= 15 is 0 Å². The molecule has 236 valence electrons. The van der Waals surface area contributed by atoms with Crippen LogP contribution in [0, 0.1) is 50.2 Å². The van der Waals surface area contributed by atoms with E-state index in [1.54, 1.807) is 0 Å². The van der Waals surface area contributed by atoms with E-state index in [1.807, 2.05) is 13.8 Å². The van der Waals surface area contributed by atoms with Crippen molar-refractivity contribution in [1.29, 1.82) is 0 Å². The summed E-state index contributed by atoms with van der Waals surface area (Å²) in [6, 6.07) is 0. The Kier molecular flexibility index (Phi) is 7.58. The standard InChI is InChI=1S/C36H56O6/c1-10-27(37)41-22-20-35(9)23(32(5,6)29(22)42-28(38)11-2)12-15-33(7)24-14-17-36(30(39)40)19-18-31(3,4)21-26(36)34(24,8)16-13-25(33)35/h14,22-23,25-26,29H,10-13,15-21H2,1-9H3,(H,39,40). The van der Waals surface area contributed by atoms with Gasteiger partial charge < -0.3 is 14.6 Å². The lowest BCUT2D eigenvalue weighted by Crippen LogP contribution is -2.67. The van der Waals surface area contributed by atoms with Crippen LogP contribution in [0.5, 0.6) is 0 Å². The zero-order valence-corrected chi connectivity index (χ0v) is 27.7. The van der Waals surface area contributed by atoms with Gasteiger partial charge in [0.15, 0.2) is 0 Å². The molecule has 0 bridgehead atoms. The molecule has 5 rings (SSSR count). The van der Waals surface area contributed by atoms with Gasteiger partial charge >= 0.3 is 17.9 Å². The topological polar surface area (TPSA) is 89.9 Å². The predicted octanol–water partition coefficient (Wildman–Crippen LogP) is 8.13. The van der Waals surface area contributed by atoms with Gasteiger partial charge in [0.1, 0.15) is 12.2 Å². The Hall–Kier alpha value is -1.85. The Balaban J connectivity index is 1.56. The second-order valence-electron chi connectivity index (χ2n) is 16.9. The van der Waals surface area contributed by atoms with E-state index in [1.165, 1.54) is 5.57 Å². The normalized spacial score (nSPS) is 45.2. The third-order valence-corrected chi connectivity index (χ3v) is 13.8. The van der Waals surface area contributed by atoms with Crippen molar-refractivity contribution in [2.45, 2.75) is 145 Å². The van der Waals surface area contributed by atoms with E-state index in [0.717, 1.165) is 44.9 Å². The summed E-state index contributed by atoms with van der Waals surface area (Å²) in [5.74, 6) is -0.271. The molecule has 9 atom stereocenters. The van der Waals surface area contributed by atoms with Gasteiger partial charge in [0.2, 0.25) is 0 Å². The molecule has 0 heterocycles. The predicted molar refractivity (Wildman–Crippen MR) is 162 cm³/mol. The van der Waals surface area contributed by atoms with Crippen LogP contribution in [0.2, 0.25) is 0 Å². The third kappa shape index (κ3) is 4.42. The maximum Gasteiger partial charge on any atom is 0.310 e. The molecule has 4 fully saturated rings. The lowest BCUT2D eigenvalue weighted by Gasteiger charge is -2.70. The molecule has 0 aromatic rings. The van der Waals surface area contributed by atoms with E-state index in [2.05, 4.69) is 54.5 Å². The monoisotopic (exact) mass is 584 g/mol. The number of carbonyl (C=O) groups excluding carboxylic acids is 2. The largest absolute Gasteiger partial charge is 0.481 e. The van der Waals surface area contributed by atoms with Gasteiger partial charge in [0.25, 0.3) is 0 Å². The molecular weight excluding hydrogens is 528 g/mol. The van der Waals surface area contributed by atoms with Crippen LogP contribution in [0.25, 0.3) is 0 Å². The number of allylic oxidation sites excluding steroid dienone is 2. The zero-order chi connectivity index (χ0) is 31.1. The van der Waals surface area contributed by atoms with Crippen molar-refractivity contribution in [3.05, 3.63) is 11.6 Å². The number of carboxylic acid groups (broad SMARTS) is 1. The number of esters is 2. The minimum Gasteiger partial charge on any atom is -0.481 e. The van der Waals surface area contributed by atoms with Crippen LogP contribution in [-0.4, -0.2) is 35.2 Å². The average molecular weight is 585 g/mol. The first-order valence-corrected chi connectivity index (χ1v) is 16.7. The van der Waals surface area contributed by atoms with Gasteiger partial charge in [-0.15, -0.1) is 0 Å². The van der Waals surface area contributed by atoms with Crippen molar-refractivity contribution >= 4 is 17.9 Å². The Bertz CT molecular complexity index is 1170. The molecule has 0 aliphatic heterocycles. The van der Waals surface area contributed by atoms with Crippen molar-refractivity contribution < 1.29 is 29.0 Å². The van der Waals surface area contributed by atoms with Gasteiger partial charge in [-0.25, -0.2) is 0 Å². The number of aliphatic carboxylic acids is 1. The van der Waals surface area contributed by atoms with E-state index in [-0.39, 0.29) is 44.9 Å². The van der Waals surface area contributed by atoms with Crippen LogP contribution in [0.4, 0.5) is 0 Å². The molecule has 0 saturated heterocycles. The molecule has 6 heteroatoms. The summed E-state index contributed by atoms with van der Waals surface area (Å²) in [5.41, 5.74) is 0.328. The fourth-order valence-electron chi connectivity index (χ4n) is 11.8. The first-order chi connectivity index (χ1) is 19.4. The van der Waals surface area contributed by atoms with Crippen LogP contribution >= 0.6 is 0 Å². The second kappa shape index (κ2) is 10.1. The number of carbonyl (C=O) groups is 3. The molecular formula is C36H56O6. The number of ether oxygens (including phenoxy) is 2. The highest BCUT2D eigenvalue weighted by Gasteiger charge is 2.70. The summed E-state index contributed by atoms with van der Waals surface area (Å²) in [6.07, 6.45) is 10.1. The lowest BCUT2D eigenvalue weighted by molar-refractivity contribution is -0.236. The molecule has 0 aromatic heterocycles. The summed E-state index contributed by atoms with van der Waals surface area (Å²) in [5, 5.41) is 10.7. The van der Waals surface area contributed by atoms with E-state index in [4.69, 9.17) is 9.47 Å². The SMILES string of the molecule is CCC(=O)OC1CC2(C)C3CCC4(C)C(=CCC5(C(=O)O)CCC(C)(C)CC45)C3(C)CCC2C(C)(C)C1OC(=O)CC. The first-order valence-electron chi connectivity index (χ1n) is 16.7. The van der Waals surface area contributed by atoms with E-state index in [0.29, 0.717) is 37.5 Å². The molecule has 42 heavy (non-hydrogen) atoms. The second-order valence-corrected chi connectivity index (χ2v) is 16.9. The van der Waals surface area contributed by atoms with Crippen molar-refractivity contribution in [1.82, 2.24) is 0 Å². The minimum absolute atomic E-state index is 0.0488. The number of fused-ring (bicyclic) bond motifs is 7. The Morgan fingerprint density at radius 1 is 0.786 bits per heavy atom. The van der Waals surface area contributed by atoms with Crippen LogP contribution in [-0.2, 0) is 23.9 Å². The highest BCUT2D eigenvalue weighted by molar-refractivity contribution is 5.76. The Morgan fingerprint density at radius 2 is 1.36 bits per heavy atom. The summed E-state index contributed by atoms with van der Waals surface area (Å²) >= 11 is 0. The molecule has 0 aromatic carbocycles. The lowest BCUT2D eigenvalue weighted by atomic mass is 9.34. The molecule has 4 saturated carbocycles. The fourth-order valence-corrected chi connectivity index (χ4v) is 11.8. The Morgan fingerprint density at radius 3 is 1.95 bits per heavy atom. The summed E-state index contributed by atoms with van der Waals surface area (Å²) < 4.78 is 12.2. The average Bonchev–Trinajstić information content (AvgIpc) is 2.89. The number of carboxylic acids is 1. The first kappa shape index (κ1) is 31.6. The number of hydrogen-bond acceptors (Lipinski definition) is 5. The van der Waals surface area contributed by atoms with Crippen molar-refractivity contribution in [2.75, 3.05) is 0 Å². The number of rotatable bonds is 5. The van der Waals surface area contributed by atoms with Gasteiger partial charge in [-0.05, 0) is 97.2 Å². The molecule has 9 unspecified atom stereocenters. The minimum atomic E-state index is -0.666. The van der Waals surface area contributed by atoms with Crippen molar-refractivity contribution in [3.63, 3.8) is 0 Å². The summed E-state index contributed by atoms with van der Waals surface area (Å²) in [6.45, 7) is 20.0. The van der Waals surface area contributed by atoms with E-state index in [9.17, 15) is 19.5 Å². The molecule has 5 aliphatic carbocycles. The zero-order valence-electron chi connectivity index (χ0n) is 27.7. The smallest absolute Gasteiger partial charge is 0.310 e. The van der Waals surface area contributed by atoms with Gasteiger partial charge in [-0.3, -0.25) is 14.4 Å². The molecule has 1 N–H and O–H groups in total. The third-order valence-electron chi connectivity index (χ3n) is 13.8. The highest BCUT2D eigenvalue weighted by Crippen LogP contribution is 2.75. The summed E-state index contributed by atoms with van der Waals surface area (Å²) in [4.78, 5) is 38.3. The van der Waals surface area contributed by atoms with Gasteiger partial charge in [0.05, 0.1) is 5.41 Å². The maximum atomic E-state index is 13.0. The Labute approximate surface area is 253 Å². The summed E-state index contributed by atoms with van der Waals surface area (Å²) in [7, 11) is 0. The molecule has 0 spiro atoms. The fraction of sp³-hybridized carbons (Fsp3) is 0.861.